The minimum Gasteiger partial charge on any atom is -0.394 e. The molecule has 1 N–H and O–H groups in total. The van der Waals surface area contributed by atoms with Crippen molar-refractivity contribution in [1.29, 1.82) is 0 Å². The monoisotopic (exact) mass is 559 g/mol. The minimum atomic E-state index is -1.11. The van der Waals surface area contributed by atoms with Gasteiger partial charge in [-0.15, -0.1) is 13.2 Å². The van der Waals surface area contributed by atoms with Gasteiger partial charge in [-0.1, -0.05) is 53.7 Å². The number of nitrogens with zero attached hydrogens (tertiary/aromatic N) is 3. The Morgan fingerprint density at radius 3 is 2.27 bits per heavy atom. The van der Waals surface area contributed by atoms with Crippen LogP contribution in [0, 0.1) is 23.2 Å². The molecule has 3 amide bonds. The Morgan fingerprint density at radius 1 is 1.15 bits per heavy atom. The van der Waals surface area contributed by atoms with Crippen molar-refractivity contribution in [3.8, 4) is 0 Å². The lowest BCUT2D eigenvalue weighted by Crippen LogP contribution is -2.63. The van der Waals surface area contributed by atoms with Crippen molar-refractivity contribution in [3.05, 3.63) is 25.3 Å². The summed E-state index contributed by atoms with van der Waals surface area (Å²) in [4.78, 5) is 48.4. The molecule has 3 aliphatic heterocycles. The van der Waals surface area contributed by atoms with E-state index in [0.29, 0.717) is 32.5 Å². The number of amides is 3. The number of ether oxygens (including phenoxy) is 1. The van der Waals surface area contributed by atoms with Crippen LogP contribution >= 0.6 is 0 Å². The maximum absolute atomic E-state index is 14.8. The van der Waals surface area contributed by atoms with E-state index in [1.165, 1.54) is 0 Å². The molecule has 0 aromatic rings. The highest BCUT2D eigenvalue weighted by atomic mass is 16.5. The predicted molar refractivity (Wildman–Crippen MR) is 157 cm³/mol. The molecule has 0 aromatic heterocycles. The van der Waals surface area contributed by atoms with E-state index in [1.807, 2.05) is 25.7 Å². The summed E-state index contributed by atoms with van der Waals surface area (Å²) < 4.78 is 6.68. The number of hydrogen-bond donors (Lipinski definition) is 1. The Hall–Kier alpha value is -2.19. The SMILES string of the molecule is C=CCN(CCC)C(=O)[C@@H]1[C@@H]2CCC3(O2)C(C(=O)N(CC=C)C(C)(C)CC(C)(C)C)N([C@@H](CO)C(C)C)C(=O)[C@H]13. The number of fused-ring (bicyclic) bond motifs is 1. The topological polar surface area (TPSA) is 90.4 Å². The highest BCUT2D eigenvalue weighted by Crippen LogP contribution is 2.59. The summed E-state index contributed by atoms with van der Waals surface area (Å²) in [5.74, 6) is -2.08. The summed E-state index contributed by atoms with van der Waals surface area (Å²) in [6.07, 6.45) is 5.68. The van der Waals surface area contributed by atoms with Crippen LogP contribution in [0.1, 0.15) is 81.1 Å². The van der Waals surface area contributed by atoms with E-state index < -0.39 is 41.2 Å². The molecule has 3 fully saturated rings. The molecule has 1 spiro atoms. The van der Waals surface area contributed by atoms with Crippen LogP contribution in [0.2, 0.25) is 0 Å². The molecule has 0 aromatic carbocycles. The number of hydrogen-bond acceptors (Lipinski definition) is 5. The zero-order chi connectivity index (χ0) is 30.2. The molecule has 8 heteroatoms. The number of rotatable bonds is 13. The lowest BCUT2D eigenvalue weighted by atomic mass is 9.70. The highest BCUT2D eigenvalue weighted by Gasteiger charge is 2.75. The molecule has 0 aliphatic carbocycles. The lowest BCUT2D eigenvalue weighted by molar-refractivity contribution is -0.156. The second kappa shape index (κ2) is 12.0. The van der Waals surface area contributed by atoms with Crippen molar-refractivity contribution in [1.82, 2.24) is 14.7 Å². The van der Waals surface area contributed by atoms with E-state index in [-0.39, 0.29) is 35.7 Å². The third kappa shape index (κ3) is 5.63. The Labute approximate surface area is 241 Å². The number of carbonyl (C=O) groups is 3. The Balaban J connectivity index is 2.15. The van der Waals surface area contributed by atoms with Gasteiger partial charge in [0.05, 0.1) is 30.6 Å². The average molecular weight is 560 g/mol. The molecule has 40 heavy (non-hydrogen) atoms. The van der Waals surface area contributed by atoms with Gasteiger partial charge < -0.3 is 24.5 Å². The summed E-state index contributed by atoms with van der Waals surface area (Å²) in [5, 5.41) is 10.5. The molecule has 3 rings (SSSR count). The average Bonchev–Trinajstić information content (AvgIpc) is 3.48. The molecule has 2 bridgehead atoms. The van der Waals surface area contributed by atoms with E-state index in [2.05, 4.69) is 47.8 Å². The second-order valence-corrected chi connectivity index (χ2v) is 14.2. The molecule has 0 radical (unpaired) electrons. The van der Waals surface area contributed by atoms with Gasteiger partial charge in [0.2, 0.25) is 17.7 Å². The van der Waals surface area contributed by atoms with Crippen LogP contribution in [0.15, 0.2) is 25.3 Å². The summed E-state index contributed by atoms with van der Waals surface area (Å²) >= 11 is 0. The highest BCUT2D eigenvalue weighted by molar-refractivity contribution is 5.99. The molecule has 226 valence electrons. The van der Waals surface area contributed by atoms with Crippen LogP contribution in [0.25, 0.3) is 0 Å². The van der Waals surface area contributed by atoms with Crippen LogP contribution in [-0.2, 0) is 19.1 Å². The fourth-order valence-corrected chi connectivity index (χ4v) is 7.86. The van der Waals surface area contributed by atoms with Gasteiger partial charge in [0, 0.05) is 25.2 Å². The van der Waals surface area contributed by atoms with Gasteiger partial charge in [-0.2, -0.15) is 0 Å². The predicted octanol–water partition coefficient (Wildman–Crippen LogP) is 4.03. The van der Waals surface area contributed by atoms with E-state index in [9.17, 15) is 19.5 Å². The Bertz CT molecular complexity index is 986. The van der Waals surface area contributed by atoms with Crippen molar-refractivity contribution in [2.24, 2.45) is 23.2 Å². The van der Waals surface area contributed by atoms with Crippen molar-refractivity contribution >= 4 is 17.7 Å². The second-order valence-electron chi connectivity index (χ2n) is 14.2. The van der Waals surface area contributed by atoms with Crippen molar-refractivity contribution in [2.45, 2.75) is 110 Å². The Morgan fingerprint density at radius 2 is 1.77 bits per heavy atom. The van der Waals surface area contributed by atoms with E-state index >= 15 is 0 Å². The van der Waals surface area contributed by atoms with Crippen LogP contribution in [0.4, 0.5) is 0 Å². The van der Waals surface area contributed by atoms with Gasteiger partial charge in [0.15, 0.2) is 0 Å². The maximum Gasteiger partial charge on any atom is 0.249 e. The van der Waals surface area contributed by atoms with Gasteiger partial charge in [-0.3, -0.25) is 14.4 Å². The number of aliphatic hydroxyl groups excluding tert-OH is 1. The summed E-state index contributed by atoms with van der Waals surface area (Å²) in [6, 6.07) is -1.50. The summed E-state index contributed by atoms with van der Waals surface area (Å²) in [5.41, 5.74) is -1.69. The van der Waals surface area contributed by atoms with Crippen LogP contribution in [-0.4, -0.2) is 93.1 Å². The summed E-state index contributed by atoms with van der Waals surface area (Å²) in [7, 11) is 0. The molecule has 3 saturated heterocycles. The normalized spacial score (nSPS) is 28.6. The van der Waals surface area contributed by atoms with Crippen molar-refractivity contribution in [2.75, 3.05) is 26.2 Å². The first-order valence-corrected chi connectivity index (χ1v) is 15.0. The standard InChI is InChI=1S/C32H53N3O5/c1-11-16-33(17-12-2)27(37)24-23-14-15-32(40-23)25(24)28(38)35(22(19-36)21(4)5)26(32)29(39)34(18-13-3)31(9,10)20-30(6,7)8/h11,13,21-26,36H,1,3,12,14-20H2,2,4-10H3/t22-,23-,24+,25-,26?,32?/m0/s1. The first-order chi connectivity index (χ1) is 18.6. The van der Waals surface area contributed by atoms with Gasteiger partial charge in [0.25, 0.3) is 0 Å². The fourth-order valence-electron chi connectivity index (χ4n) is 7.86. The largest absolute Gasteiger partial charge is 0.394 e. The molecule has 8 nitrogen and oxygen atoms in total. The smallest absolute Gasteiger partial charge is 0.249 e. The molecule has 3 aliphatic rings. The zero-order valence-corrected chi connectivity index (χ0v) is 26.1. The van der Waals surface area contributed by atoms with Crippen LogP contribution in [0.5, 0.6) is 0 Å². The molecule has 6 atom stereocenters. The quantitative estimate of drug-likeness (QED) is 0.344. The molecule has 0 saturated carbocycles. The minimum absolute atomic E-state index is 0.0471. The van der Waals surface area contributed by atoms with E-state index in [1.54, 1.807) is 22.0 Å². The van der Waals surface area contributed by atoms with Gasteiger partial charge in [-0.25, -0.2) is 0 Å². The van der Waals surface area contributed by atoms with Gasteiger partial charge in [-0.05, 0) is 50.9 Å². The number of likely N-dealkylation sites (tertiary alicyclic amines) is 1. The first-order valence-electron chi connectivity index (χ1n) is 15.0. The molecule has 2 unspecified atom stereocenters. The molecule has 3 heterocycles. The fraction of sp³-hybridized carbons (Fsp3) is 0.781. The Kier molecular flexibility index (Phi) is 9.67. The summed E-state index contributed by atoms with van der Waals surface area (Å²) in [6.45, 7) is 25.2. The van der Waals surface area contributed by atoms with Crippen LogP contribution in [0.3, 0.4) is 0 Å². The van der Waals surface area contributed by atoms with Gasteiger partial charge in [0.1, 0.15) is 11.6 Å². The molecular formula is C32H53N3O5. The molecular weight excluding hydrogens is 506 g/mol. The lowest BCUT2D eigenvalue weighted by Gasteiger charge is -2.46. The third-order valence-corrected chi connectivity index (χ3v) is 9.00. The van der Waals surface area contributed by atoms with E-state index in [4.69, 9.17) is 4.74 Å². The van der Waals surface area contributed by atoms with Crippen molar-refractivity contribution in [3.63, 3.8) is 0 Å². The number of aliphatic hydroxyl groups is 1. The van der Waals surface area contributed by atoms with Gasteiger partial charge >= 0.3 is 0 Å². The maximum atomic E-state index is 14.8. The number of carbonyl (C=O) groups excluding carboxylic acids is 3. The van der Waals surface area contributed by atoms with Crippen molar-refractivity contribution < 1.29 is 24.2 Å². The van der Waals surface area contributed by atoms with E-state index in [0.717, 1.165) is 12.8 Å². The third-order valence-electron chi connectivity index (χ3n) is 9.00. The first kappa shape index (κ1) is 32.3. The zero-order valence-electron chi connectivity index (χ0n) is 26.1. The van der Waals surface area contributed by atoms with Crippen LogP contribution < -0.4 is 0 Å².